The van der Waals surface area contributed by atoms with Gasteiger partial charge in [-0.25, -0.2) is 0 Å². The van der Waals surface area contributed by atoms with Crippen LogP contribution in [0.3, 0.4) is 0 Å². The molecule has 2 aromatic carbocycles. The Morgan fingerprint density at radius 2 is 1.71 bits per heavy atom. The van der Waals surface area contributed by atoms with E-state index in [-0.39, 0.29) is 22.7 Å². The Hall–Kier alpha value is -3.09. The molecule has 0 spiro atoms. The molecule has 0 aliphatic carbocycles. The minimum atomic E-state index is -0.778. The van der Waals surface area contributed by atoms with Gasteiger partial charge in [-0.05, 0) is 24.3 Å². The van der Waals surface area contributed by atoms with Gasteiger partial charge in [0.05, 0.1) is 12.7 Å². The average molecular weight is 291 g/mol. The quantitative estimate of drug-likeness (QED) is 0.550. The molecule has 110 valence electrons. The molecule has 0 saturated carbocycles. The van der Waals surface area contributed by atoms with Crippen LogP contribution in [0.1, 0.15) is 10.4 Å². The summed E-state index contributed by atoms with van der Waals surface area (Å²) in [4.78, 5) is 12.0. The number of hydrogen-bond donors (Lipinski definition) is 5. The van der Waals surface area contributed by atoms with Crippen LogP contribution in [0.5, 0.6) is 28.7 Å². The highest BCUT2D eigenvalue weighted by atomic mass is 16.5. The molecule has 0 bridgehead atoms. The molecule has 21 heavy (non-hydrogen) atoms. The zero-order chi connectivity index (χ0) is 15.6. The number of phenols is 4. The number of benzene rings is 2. The van der Waals surface area contributed by atoms with Crippen molar-refractivity contribution in [1.82, 2.24) is 0 Å². The summed E-state index contributed by atoms with van der Waals surface area (Å²) < 4.78 is 4.87. The maximum absolute atomic E-state index is 12.0. The molecule has 0 atom stereocenters. The summed E-state index contributed by atoms with van der Waals surface area (Å²) >= 11 is 0. The van der Waals surface area contributed by atoms with Gasteiger partial charge in [-0.3, -0.25) is 4.79 Å². The monoisotopic (exact) mass is 291 g/mol. The molecule has 0 saturated heterocycles. The number of carbonyl (C=O) groups excluding carboxylic acids is 1. The summed E-state index contributed by atoms with van der Waals surface area (Å²) in [7, 11) is 1.39. The molecule has 0 aromatic heterocycles. The van der Waals surface area contributed by atoms with E-state index in [4.69, 9.17) is 4.74 Å². The first-order valence-corrected chi connectivity index (χ1v) is 5.86. The second-order valence-corrected chi connectivity index (χ2v) is 4.17. The van der Waals surface area contributed by atoms with Crippen LogP contribution in [0.25, 0.3) is 0 Å². The van der Waals surface area contributed by atoms with E-state index < -0.39 is 23.2 Å². The minimum Gasteiger partial charge on any atom is -0.504 e. The fourth-order valence-corrected chi connectivity index (χ4v) is 1.72. The molecule has 0 aliphatic heterocycles. The maximum Gasteiger partial charge on any atom is 0.259 e. The van der Waals surface area contributed by atoms with Crippen molar-refractivity contribution in [2.75, 3.05) is 12.4 Å². The second-order valence-electron chi connectivity index (χ2n) is 4.17. The topological polar surface area (TPSA) is 119 Å². The first kappa shape index (κ1) is 14.3. The van der Waals surface area contributed by atoms with Gasteiger partial charge < -0.3 is 30.5 Å². The van der Waals surface area contributed by atoms with Gasteiger partial charge in [0.15, 0.2) is 23.0 Å². The Morgan fingerprint density at radius 3 is 2.33 bits per heavy atom. The number of amides is 1. The first-order valence-electron chi connectivity index (χ1n) is 5.86. The molecule has 0 heterocycles. The molecule has 7 nitrogen and oxygen atoms in total. The van der Waals surface area contributed by atoms with Crippen molar-refractivity contribution in [3.8, 4) is 28.7 Å². The number of hydrogen-bond acceptors (Lipinski definition) is 6. The van der Waals surface area contributed by atoms with Crippen LogP contribution in [-0.4, -0.2) is 33.4 Å². The van der Waals surface area contributed by atoms with E-state index in [1.807, 2.05) is 0 Å². The van der Waals surface area contributed by atoms with Crippen molar-refractivity contribution in [1.29, 1.82) is 0 Å². The van der Waals surface area contributed by atoms with Crippen LogP contribution in [0.15, 0.2) is 30.3 Å². The summed E-state index contributed by atoms with van der Waals surface area (Å²) in [5, 5.41) is 40.2. The Labute approximate surface area is 119 Å². The van der Waals surface area contributed by atoms with Gasteiger partial charge in [-0.15, -0.1) is 0 Å². The number of ether oxygens (including phenoxy) is 1. The van der Waals surface area contributed by atoms with Crippen LogP contribution in [0.4, 0.5) is 5.69 Å². The molecule has 2 rings (SSSR count). The van der Waals surface area contributed by atoms with Gasteiger partial charge in [0.2, 0.25) is 5.75 Å². The molecular formula is C14H13NO6. The smallest absolute Gasteiger partial charge is 0.259 e. The van der Waals surface area contributed by atoms with Crippen molar-refractivity contribution in [3.05, 3.63) is 35.9 Å². The fraction of sp³-hybridized carbons (Fsp3) is 0.0714. The SMILES string of the molecule is COc1ccc(NC(=O)c2ccc(O)c(O)c2O)cc1O. The summed E-state index contributed by atoms with van der Waals surface area (Å²) in [6.07, 6.45) is 0. The number of aromatic hydroxyl groups is 4. The van der Waals surface area contributed by atoms with Crippen molar-refractivity contribution >= 4 is 11.6 Å². The van der Waals surface area contributed by atoms with Gasteiger partial charge in [-0.1, -0.05) is 0 Å². The zero-order valence-electron chi connectivity index (χ0n) is 11.0. The maximum atomic E-state index is 12.0. The molecule has 7 heteroatoms. The van der Waals surface area contributed by atoms with E-state index in [2.05, 4.69) is 5.32 Å². The summed E-state index contributed by atoms with van der Waals surface area (Å²) in [6.45, 7) is 0. The predicted octanol–water partition coefficient (Wildman–Crippen LogP) is 1.77. The zero-order valence-corrected chi connectivity index (χ0v) is 11.0. The first-order chi connectivity index (χ1) is 9.93. The minimum absolute atomic E-state index is 0.159. The normalized spacial score (nSPS) is 10.1. The van der Waals surface area contributed by atoms with Crippen LogP contribution < -0.4 is 10.1 Å². The largest absolute Gasteiger partial charge is 0.504 e. The molecular weight excluding hydrogens is 278 g/mol. The van der Waals surface area contributed by atoms with Gasteiger partial charge in [0.1, 0.15) is 0 Å². The standard InChI is InChI=1S/C14H13NO6/c1-21-11-5-2-7(6-10(11)17)15-14(20)8-3-4-9(16)13(19)12(8)18/h2-6,16-19H,1H3,(H,15,20). The van der Waals surface area contributed by atoms with Crippen molar-refractivity contribution < 1.29 is 30.0 Å². The van der Waals surface area contributed by atoms with Gasteiger partial charge >= 0.3 is 0 Å². The number of carbonyl (C=O) groups is 1. The number of phenolic OH excluding ortho intramolecular Hbond substituents is 4. The molecule has 2 aromatic rings. The van der Waals surface area contributed by atoms with Crippen LogP contribution in [-0.2, 0) is 0 Å². The average Bonchev–Trinajstić information content (AvgIpc) is 2.45. The van der Waals surface area contributed by atoms with Gasteiger partial charge in [-0.2, -0.15) is 0 Å². The lowest BCUT2D eigenvalue weighted by molar-refractivity contribution is 0.102. The fourth-order valence-electron chi connectivity index (χ4n) is 1.72. The van der Waals surface area contributed by atoms with E-state index in [1.165, 1.54) is 25.3 Å². The Kier molecular flexibility index (Phi) is 3.75. The van der Waals surface area contributed by atoms with Crippen molar-refractivity contribution in [2.24, 2.45) is 0 Å². The van der Waals surface area contributed by atoms with Crippen molar-refractivity contribution in [2.45, 2.75) is 0 Å². The number of nitrogens with one attached hydrogen (secondary N) is 1. The summed E-state index contributed by atoms with van der Waals surface area (Å²) in [5.41, 5.74) is 0.0471. The second kappa shape index (κ2) is 5.49. The van der Waals surface area contributed by atoms with Gasteiger partial charge in [0, 0.05) is 11.8 Å². The lowest BCUT2D eigenvalue weighted by Crippen LogP contribution is -2.12. The third kappa shape index (κ3) is 2.76. The highest BCUT2D eigenvalue weighted by molar-refractivity contribution is 6.07. The van der Waals surface area contributed by atoms with Crippen molar-refractivity contribution in [3.63, 3.8) is 0 Å². The van der Waals surface area contributed by atoms with E-state index >= 15 is 0 Å². The number of rotatable bonds is 3. The third-order valence-electron chi connectivity index (χ3n) is 2.81. The molecule has 5 N–H and O–H groups in total. The summed E-state index contributed by atoms with van der Waals surface area (Å²) in [5.74, 6) is -2.67. The van der Waals surface area contributed by atoms with Gasteiger partial charge in [0.25, 0.3) is 5.91 Å². The van der Waals surface area contributed by atoms with E-state index in [1.54, 1.807) is 0 Å². The highest BCUT2D eigenvalue weighted by Gasteiger charge is 2.17. The number of methoxy groups -OCH3 is 1. The Morgan fingerprint density at radius 1 is 1.00 bits per heavy atom. The molecule has 1 amide bonds. The van der Waals surface area contributed by atoms with E-state index in [0.29, 0.717) is 0 Å². The molecule has 0 unspecified atom stereocenters. The molecule has 0 aliphatic rings. The Balaban J connectivity index is 2.26. The van der Waals surface area contributed by atoms with E-state index in [9.17, 15) is 25.2 Å². The van der Waals surface area contributed by atoms with Crippen LogP contribution >= 0.6 is 0 Å². The van der Waals surface area contributed by atoms with Crippen LogP contribution in [0.2, 0.25) is 0 Å². The van der Waals surface area contributed by atoms with Crippen LogP contribution in [0, 0.1) is 0 Å². The lowest BCUT2D eigenvalue weighted by Gasteiger charge is -2.10. The summed E-state index contributed by atoms with van der Waals surface area (Å²) in [6, 6.07) is 6.46. The number of anilines is 1. The lowest BCUT2D eigenvalue weighted by atomic mass is 10.1. The Bertz CT molecular complexity index is 698. The van der Waals surface area contributed by atoms with E-state index in [0.717, 1.165) is 12.1 Å². The molecule has 0 fully saturated rings. The third-order valence-corrected chi connectivity index (χ3v) is 2.81. The predicted molar refractivity (Wildman–Crippen MR) is 74.0 cm³/mol. The molecule has 0 radical (unpaired) electrons. The highest BCUT2D eigenvalue weighted by Crippen LogP contribution is 2.37.